The summed E-state index contributed by atoms with van der Waals surface area (Å²) in [6, 6.07) is 0. The maximum Gasteiger partial charge on any atom is 0.226 e. The lowest BCUT2D eigenvalue weighted by Gasteiger charge is -2.60. The van der Waals surface area contributed by atoms with Gasteiger partial charge < -0.3 is 10.6 Å². The molecular formula is C30H52N4OS. The minimum Gasteiger partial charge on any atom is -0.360 e. The fourth-order valence-electron chi connectivity index (χ4n) is 6.31. The molecule has 0 aromatic carbocycles. The van der Waals surface area contributed by atoms with Gasteiger partial charge >= 0.3 is 0 Å². The van der Waals surface area contributed by atoms with E-state index in [2.05, 4.69) is 53.8 Å². The lowest BCUT2D eigenvalue weighted by Crippen LogP contribution is -2.53. The third-order valence-corrected chi connectivity index (χ3v) is 9.65. The van der Waals surface area contributed by atoms with E-state index in [0.29, 0.717) is 17.0 Å². The monoisotopic (exact) mass is 516 g/mol. The molecule has 1 aromatic rings. The fourth-order valence-corrected chi connectivity index (χ4v) is 6.98. The van der Waals surface area contributed by atoms with Gasteiger partial charge in [0.15, 0.2) is 0 Å². The molecular weight excluding hydrogens is 464 g/mol. The number of carbonyl (C=O) groups excluding carboxylic acids is 1. The highest BCUT2D eigenvalue weighted by atomic mass is 32.1. The highest BCUT2D eigenvalue weighted by molar-refractivity contribution is 7.19. The quantitative estimate of drug-likeness (QED) is 0.142. The van der Waals surface area contributed by atoms with Crippen molar-refractivity contribution in [3.8, 4) is 0 Å². The van der Waals surface area contributed by atoms with E-state index in [4.69, 9.17) is 0 Å². The van der Waals surface area contributed by atoms with Crippen LogP contribution in [-0.4, -0.2) is 22.6 Å². The highest BCUT2D eigenvalue weighted by Gasteiger charge is 2.53. The van der Waals surface area contributed by atoms with Crippen LogP contribution < -0.4 is 10.6 Å². The molecule has 2 unspecified atom stereocenters. The van der Waals surface area contributed by atoms with Crippen LogP contribution in [0.4, 0.5) is 10.3 Å². The molecule has 4 rings (SSSR count). The van der Waals surface area contributed by atoms with E-state index in [1.165, 1.54) is 101 Å². The summed E-state index contributed by atoms with van der Waals surface area (Å²) >= 11 is 1.46. The zero-order chi connectivity index (χ0) is 25.6. The molecule has 0 radical (unpaired) electrons. The Labute approximate surface area is 224 Å². The standard InChI is InChI=1S/C30H52N4OS/c1-4-5-6-7-8-9-10-11-12-13-14-15-16-17-18-19-27(35)32-29-34-33-28(36-29)31-23-24-20-21-25-22-26(24)30(25,2)3/h11-12,24-26H,4-10,13-23H2,1-3H3,(H,31,33)(H,32,34,35)/t24-,25?,26?/m0/s1. The number of allylic oxidation sites excluding steroid dienone is 2. The summed E-state index contributed by atoms with van der Waals surface area (Å²) in [6.45, 7) is 8.12. The molecule has 1 heterocycles. The Balaban J connectivity index is 1.15. The summed E-state index contributed by atoms with van der Waals surface area (Å²) in [5.74, 6) is 2.56. The molecule has 1 aromatic heterocycles. The van der Waals surface area contributed by atoms with Gasteiger partial charge in [0.05, 0.1) is 0 Å². The fraction of sp³-hybridized carbons (Fsp3) is 0.833. The molecule has 3 fully saturated rings. The van der Waals surface area contributed by atoms with E-state index in [1.807, 2.05) is 0 Å². The first-order valence-electron chi connectivity index (χ1n) is 15.0. The largest absolute Gasteiger partial charge is 0.360 e. The van der Waals surface area contributed by atoms with E-state index in [1.54, 1.807) is 0 Å². The van der Waals surface area contributed by atoms with E-state index >= 15 is 0 Å². The first kappa shape index (κ1) is 29.1. The van der Waals surface area contributed by atoms with Crippen molar-refractivity contribution >= 4 is 27.5 Å². The summed E-state index contributed by atoms with van der Waals surface area (Å²) in [6.07, 6.45) is 25.9. The smallest absolute Gasteiger partial charge is 0.226 e. The second-order valence-electron chi connectivity index (χ2n) is 11.9. The van der Waals surface area contributed by atoms with Gasteiger partial charge in [0.1, 0.15) is 0 Å². The van der Waals surface area contributed by atoms with Gasteiger partial charge in [0.25, 0.3) is 0 Å². The number of hydrogen-bond donors (Lipinski definition) is 2. The normalized spacial score (nSPS) is 22.5. The number of amides is 1. The number of aromatic nitrogens is 2. The molecule has 1 amide bonds. The Bertz CT molecular complexity index is 788. The lowest BCUT2D eigenvalue weighted by molar-refractivity contribution is -0.116. The van der Waals surface area contributed by atoms with E-state index in [0.717, 1.165) is 42.3 Å². The van der Waals surface area contributed by atoms with E-state index in [9.17, 15) is 4.79 Å². The van der Waals surface area contributed by atoms with Crippen LogP contribution in [-0.2, 0) is 4.79 Å². The summed E-state index contributed by atoms with van der Waals surface area (Å²) in [7, 11) is 0. The number of anilines is 2. The Morgan fingerprint density at radius 3 is 2.22 bits per heavy atom. The third-order valence-electron chi connectivity index (χ3n) is 8.85. The van der Waals surface area contributed by atoms with Crippen molar-refractivity contribution in [1.82, 2.24) is 10.2 Å². The molecule has 2 bridgehead atoms. The Morgan fingerprint density at radius 1 is 0.917 bits per heavy atom. The van der Waals surface area contributed by atoms with Crippen LogP contribution >= 0.6 is 11.3 Å². The van der Waals surface area contributed by atoms with Gasteiger partial charge in [-0.15, -0.1) is 10.2 Å². The van der Waals surface area contributed by atoms with Gasteiger partial charge in [-0.05, 0) is 74.5 Å². The number of hydrogen-bond acceptors (Lipinski definition) is 5. The van der Waals surface area contributed by atoms with Gasteiger partial charge in [0, 0.05) is 13.0 Å². The molecule has 3 saturated carbocycles. The third kappa shape index (κ3) is 9.46. The van der Waals surface area contributed by atoms with E-state index < -0.39 is 0 Å². The summed E-state index contributed by atoms with van der Waals surface area (Å²) in [5.41, 5.74) is 0.509. The number of fused-ring (bicyclic) bond motifs is 2. The summed E-state index contributed by atoms with van der Waals surface area (Å²) in [4.78, 5) is 12.3. The van der Waals surface area contributed by atoms with Gasteiger partial charge in [-0.3, -0.25) is 4.79 Å². The molecule has 36 heavy (non-hydrogen) atoms. The van der Waals surface area contributed by atoms with Crippen LogP contribution in [0.3, 0.4) is 0 Å². The zero-order valence-electron chi connectivity index (χ0n) is 23.3. The molecule has 5 nitrogen and oxygen atoms in total. The van der Waals surface area contributed by atoms with Crippen LogP contribution in [0, 0.1) is 23.2 Å². The molecule has 0 spiro atoms. The maximum absolute atomic E-state index is 12.3. The Kier molecular flexibility index (Phi) is 12.7. The minimum atomic E-state index is 0.0601. The molecule has 0 saturated heterocycles. The predicted molar refractivity (Wildman–Crippen MR) is 155 cm³/mol. The molecule has 6 heteroatoms. The molecule has 3 atom stereocenters. The van der Waals surface area contributed by atoms with Crippen LogP contribution in [0.1, 0.15) is 130 Å². The Morgan fingerprint density at radius 2 is 1.56 bits per heavy atom. The van der Waals surface area contributed by atoms with Gasteiger partial charge in [-0.25, -0.2) is 0 Å². The average molecular weight is 517 g/mol. The second kappa shape index (κ2) is 15.7. The van der Waals surface area contributed by atoms with Crippen LogP contribution in [0.2, 0.25) is 0 Å². The number of nitrogens with zero attached hydrogens (tertiary/aromatic N) is 2. The molecule has 3 aliphatic carbocycles. The Hall–Kier alpha value is -1.43. The van der Waals surface area contributed by atoms with Gasteiger partial charge in [-0.1, -0.05) is 95.6 Å². The van der Waals surface area contributed by atoms with Crippen molar-refractivity contribution in [3.63, 3.8) is 0 Å². The average Bonchev–Trinajstić information content (AvgIpc) is 3.32. The number of rotatable bonds is 19. The number of carbonyl (C=O) groups is 1. The van der Waals surface area contributed by atoms with Crippen molar-refractivity contribution in [3.05, 3.63) is 12.2 Å². The van der Waals surface area contributed by atoms with Crippen molar-refractivity contribution in [2.24, 2.45) is 23.2 Å². The number of nitrogens with one attached hydrogen (secondary N) is 2. The SMILES string of the molecule is CCCCCCCCC=CCCCCCCCC(=O)Nc1nnc(NC[C@@H]2CCC3CC2C3(C)C)s1. The van der Waals surface area contributed by atoms with Crippen molar-refractivity contribution in [2.75, 3.05) is 17.2 Å². The summed E-state index contributed by atoms with van der Waals surface area (Å²) in [5, 5.41) is 16.3. The van der Waals surface area contributed by atoms with Crippen molar-refractivity contribution in [2.45, 2.75) is 130 Å². The molecule has 204 valence electrons. The topological polar surface area (TPSA) is 66.9 Å². The van der Waals surface area contributed by atoms with Crippen LogP contribution in [0.5, 0.6) is 0 Å². The lowest BCUT2D eigenvalue weighted by atomic mass is 9.45. The molecule has 2 N–H and O–H groups in total. The second-order valence-corrected chi connectivity index (χ2v) is 12.9. The van der Waals surface area contributed by atoms with E-state index in [-0.39, 0.29) is 5.91 Å². The first-order chi connectivity index (χ1) is 17.5. The predicted octanol–water partition coefficient (Wildman–Crippen LogP) is 9.00. The molecule has 3 aliphatic rings. The minimum absolute atomic E-state index is 0.0601. The van der Waals surface area contributed by atoms with Crippen LogP contribution in [0.15, 0.2) is 12.2 Å². The highest BCUT2D eigenvalue weighted by Crippen LogP contribution is 2.61. The van der Waals surface area contributed by atoms with Crippen molar-refractivity contribution < 1.29 is 4.79 Å². The molecule has 0 aliphatic heterocycles. The summed E-state index contributed by atoms with van der Waals surface area (Å²) < 4.78 is 0. The maximum atomic E-state index is 12.3. The zero-order valence-corrected chi connectivity index (χ0v) is 24.1. The van der Waals surface area contributed by atoms with Crippen LogP contribution in [0.25, 0.3) is 0 Å². The van der Waals surface area contributed by atoms with Crippen molar-refractivity contribution in [1.29, 1.82) is 0 Å². The number of unbranched alkanes of at least 4 members (excludes halogenated alkanes) is 11. The van der Waals surface area contributed by atoms with Gasteiger partial charge in [0.2, 0.25) is 16.2 Å². The first-order valence-corrected chi connectivity index (χ1v) is 15.8. The van der Waals surface area contributed by atoms with Gasteiger partial charge in [-0.2, -0.15) is 0 Å².